The highest BCUT2D eigenvalue weighted by molar-refractivity contribution is 6.17. The third-order valence-corrected chi connectivity index (χ3v) is 5.90. The summed E-state index contributed by atoms with van der Waals surface area (Å²) in [5, 5.41) is 23.9. The van der Waals surface area contributed by atoms with Gasteiger partial charge in [-0.15, -0.1) is 0 Å². The Labute approximate surface area is 162 Å². The highest BCUT2D eigenvalue weighted by Crippen LogP contribution is 2.60. The molecule has 1 saturated carbocycles. The van der Waals surface area contributed by atoms with Gasteiger partial charge in [0.2, 0.25) is 5.91 Å². The number of aliphatic hydroxyl groups is 2. The third-order valence-electron chi connectivity index (χ3n) is 5.90. The number of para-hydroxylation sites is 1. The second-order valence-electron chi connectivity index (χ2n) is 7.03. The number of carbonyl (C=O) groups excluding carboxylic acids is 3. The summed E-state index contributed by atoms with van der Waals surface area (Å²) in [5.41, 5.74) is -3.43. The van der Waals surface area contributed by atoms with Crippen LogP contribution in [0.5, 0.6) is 0 Å². The van der Waals surface area contributed by atoms with E-state index < -0.39 is 47.3 Å². The highest BCUT2D eigenvalue weighted by Gasteiger charge is 2.77. The summed E-state index contributed by atoms with van der Waals surface area (Å²) < 4.78 is 10.5. The summed E-state index contributed by atoms with van der Waals surface area (Å²) in [7, 11) is 0. The zero-order valence-corrected chi connectivity index (χ0v) is 15.9. The van der Waals surface area contributed by atoms with E-state index in [2.05, 4.69) is 5.32 Å². The van der Waals surface area contributed by atoms with Crippen LogP contribution in [0.25, 0.3) is 0 Å². The van der Waals surface area contributed by atoms with Crippen molar-refractivity contribution in [3.05, 3.63) is 29.8 Å². The smallest absolute Gasteiger partial charge is 0.325 e. The van der Waals surface area contributed by atoms with Gasteiger partial charge >= 0.3 is 11.9 Å². The first-order valence-corrected chi connectivity index (χ1v) is 9.47. The number of nitrogens with one attached hydrogen (secondary N) is 1. The Morgan fingerprint density at radius 1 is 1.14 bits per heavy atom. The Morgan fingerprint density at radius 3 is 2.32 bits per heavy atom. The van der Waals surface area contributed by atoms with Gasteiger partial charge in [-0.25, -0.2) is 0 Å². The molecule has 1 aliphatic heterocycles. The van der Waals surface area contributed by atoms with Crippen LogP contribution in [0, 0.1) is 11.3 Å². The van der Waals surface area contributed by atoms with Gasteiger partial charge in [0.15, 0.2) is 5.41 Å². The fourth-order valence-corrected chi connectivity index (χ4v) is 4.84. The first-order valence-electron chi connectivity index (χ1n) is 9.47. The molecule has 1 spiro atoms. The van der Waals surface area contributed by atoms with Crippen LogP contribution in [-0.4, -0.2) is 54.0 Å². The van der Waals surface area contributed by atoms with E-state index >= 15 is 0 Å². The van der Waals surface area contributed by atoms with Gasteiger partial charge in [0.1, 0.15) is 5.41 Å². The average Bonchev–Trinajstić information content (AvgIpc) is 2.97. The second kappa shape index (κ2) is 7.52. The van der Waals surface area contributed by atoms with E-state index in [1.54, 1.807) is 38.1 Å². The largest absolute Gasteiger partial charge is 0.465 e. The number of amides is 1. The predicted octanol–water partition coefficient (Wildman–Crippen LogP) is 0.752. The summed E-state index contributed by atoms with van der Waals surface area (Å²) in [6.07, 6.45) is -1.05. The number of rotatable bonds is 5. The first-order chi connectivity index (χ1) is 13.4. The Morgan fingerprint density at radius 2 is 1.75 bits per heavy atom. The minimum absolute atomic E-state index is 0.0341. The molecular weight excluding hydrogens is 366 g/mol. The lowest BCUT2D eigenvalue weighted by molar-refractivity contribution is -0.200. The van der Waals surface area contributed by atoms with Gasteiger partial charge in [-0.2, -0.15) is 0 Å². The number of hydrogen-bond donors (Lipinski definition) is 3. The molecule has 1 amide bonds. The second-order valence-corrected chi connectivity index (χ2v) is 7.03. The van der Waals surface area contributed by atoms with Crippen LogP contribution in [0.3, 0.4) is 0 Å². The lowest BCUT2D eigenvalue weighted by Gasteiger charge is -2.52. The molecule has 0 saturated heterocycles. The van der Waals surface area contributed by atoms with Crippen molar-refractivity contribution >= 4 is 23.5 Å². The lowest BCUT2D eigenvalue weighted by atomic mass is 9.48. The standard InChI is InChI=1S/C20H25NO7/c1-3-27-17(25)19(18(26)28-4-2)12(11-22)9-10-15(23)20(19)13-7-5-6-8-14(13)21-16(20)24/h5-8,12,15,22-23H,3-4,9-11H2,1-2H3,(H,21,24)/t12-,15+,20-/m1/s1. The number of anilines is 1. The molecule has 0 radical (unpaired) electrons. The Hall–Kier alpha value is -2.45. The van der Waals surface area contributed by atoms with Crippen molar-refractivity contribution in [3.63, 3.8) is 0 Å². The van der Waals surface area contributed by atoms with Crippen LogP contribution >= 0.6 is 0 Å². The molecule has 0 aromatic heterocycles. The average molecular weight is 391 g/mol. The molecule has 0 unspecified atom stereocenters. The third kappa shape index (κ3) is 2.41. The maximum Gasteiger partial charge on any atom is 0.325 e. The van der Waals surface area contributed by atoms with Crippen LogP contribution in [0.15, 0.2) is 24.3 Å². The number of ether oxygens (including phenoxy) is 2. The number of esters is 2. The van der Waals surface area contributed by atoms with Crippen LogP contribution in [0.4, 0.5) is 5.69 Å². The van der Waals surface area contributed by atoms with Gasteiger partial charge < -0.3 is 25.0 Å². The summed E-state index contributed by atoms with van der Waals surface area (Å²) in [6, 6.07) is 6.60. The zero-order chi connectivity index (χ0) is 20.5. The fourth-order valence-electron chi connectivity index (χ4n) is 4.84. The van der Waals surface area contributed by atoms with Gasteiger partial charge in [0.05, 0.1) is 19.3 Å². The van der Waals surface area contributed by atoms with Crippen molar-refractivity contribution in [1.82, 2.24) is 0 Å². The molecule has 2 aliphatic rings. The fraction of sp³-hybridized carbons (Fsp3) is 0.550. The molecule has 3 rings (SSSR count). The Kier molecular flexibility index (Phi) is 5.45. The monoisotopic (exact) mass is 391 g/mol. The molecule has 8 heteroatoms. The van der Waals surface area contributed by atoms with E-state index in [9.17, 15) is 24.6 Å². The van der Waals surface area contributed by atoms with Crippen molar-refractivity contribution < 1.29 is 34.1 Å². The van der Waals surface area contributed by atoms with E-state index in [0.717, 1.165) is 0 Å². The molecule has 28 heavy (non-hydrogen) atoms. The zero-order valence-electron chi connectivity index (χ0n) is 15.9. The number of carbonyl (C=O) groups is 3. The van der Waals surface area contributed by atoms with Crippen molar-refractivity contribution in [2.45, 2.75) is 38.2 Å². The molecule has 3 atom stereocenters. The summed E-state index contributed by atoms with van der Waals surface area (Å²) in [4.78, 5) is 40.0. The Bertz CT molecular complexity index is 775. The highest BCUT2D eigenvalue weighted by atomic mass is 16.6. The molecule has 1 aromatic rings. The van der Waals surface area contributed by atoms with E-state index in [4.69, 9.17) is 9.47 Å². The van der Waals surface area contributed by atoms with Gasteiger partial charge in [-0.05, 0) is 38.3 Å². The van der Waals surface area contributed by atoms with Crippen LogP contribution in [0.2, 0.25) is 0 Å². The molecule has 0 bridgehead atoms. The molecule has 152 valence electrons. The maximum absolute atomic E-state index is 13.3. The molecule has 3 N–H and O–H groups in total. The molecule has 1 fully saturated rings. The number of aliphatic hydroxyl groups excluding tert-OH is 2. The molecular formula is C20H25NO7. The first kappa shape index (κ1) is 20.3. The lowest BCUT2D eigenvalue weighted by Crippen LogP contribution is -2.71. The minimum atomic E-state index is -2.21. The van der Waals surface area contributed by atoms with E-state index in [-0.39, 0.29) is 26.1 Å². The van der Waals surface area contributed by atoms with E-state index in [1.165, 1.54) is 0 Å². The van der Waals surface area contributed by atoms with Gasteiger partial charge in [0, 0.05) is 18.2 Å². The Balaban J connectivity index is 2.40. The molecule has 1 aliphatic carbocycles. The van der Waals surface area contributed by atoms with Crippen LogP contribution in [-0.2, 0) is 29.3 Å². The quantitative estimate of drug-likeness (QED) is 0.500. The van der Waals surface area contributed by atoms with Crippen molar-refractivity contribution in [2.75, 3.05) is 25.1 Å². The number of fused-ring (bicyclic) bond motifs is 2. The van der Waals surface area contributed by atoms with Crippen molar-refractivity contribution in [2.24, 2.45) is 11.3 Å². The SMILES string of the molecule is CCOC(=O)C1(C(=O)OCC)[C@@H](CO)CC[C@H](O)[C@]12C(=O)Nc1ccccc12. The molecule has 8 nitrogen and oxygen atoms in total. The number of hydrogen-bond acceptors (Lipinski definition) is 7. The minimum Gasteiger partial charge on any atom is -0.465 e. The van der Waals surface area contributed by atoms with Crippen molar-refractivity contribution in [3.8, 4) is 0 Å². The van der Waals surface area contributed by atoms with Crippen LogP contribution in [0.1, 0.15) is 32.3 Å². The predicted molar refractivity (Wildman–Crippen MR) is 98.3 cm³/mol. The summed E-state index contributed by atoms with van der Waals surface area (Å²) in [6.45, 7) is 2.56. The normalized spacial score (nSPS) is 27.8. The molecule has 1 heterocycles. The van der Waals surface area contributed by atoms with Gasteiger partial charge in [0.25, 0.3) is 0 Å². The van der Waals surface area contributed by atoms with Gasteiger partial charge in [-0.3, -0.25) is 14.4 Å². The van der Waals surface area contributed by atoms with Crippen LogP contribution < -0.4 is 5.32 Å². The summed E-state index contributed by atoms with van der Waals surface area (Å²) in [5.74, 6) is -3.58. The van der Waals surface area contributed by atoms with E-state index in [1.807, 2.05) is 0 Å². The summed E-state index contributed by atoms with van der Waals surface area (Å²) >= 11 is 0. The number of benzene rings is 1. The maximum atomic E-state index is 13.3. The molecule has 1 aromatic carbocycles. The van der Waals surface area contributed by atoms with Crippen molar-refractivity contribution in [1.29, 1.82) is 0 Å². The van der Waals surface area contributed by atoms with Gasteiger partial charge in [-0.1, -0.05) is 18.2 Å². The topological polar surface area (TPSA) is 122 Å². The van der Waals surface area contributed by atoms with E-state index in [0.29, 0.717) is 11.3 Å².